The number of hydrogen-bond donors (Lipinski definition) is 2. The summed E-state index contributed by atoms with van der Waals surface area (Å²) in [5, 5.41) is 18.4. The van der Waals surface area contributed by atoms with Crippen LogP contribution in [0.15, 0.2) is 41.8 Å². The third-order valence-electron chi connectivity index (χ3n) is 2.85. The molecule has 1 aromatic heterocycles. The van der Waals surface area contributed by atoms with E-state index >= 15 is 0 Å². The molecule has 0 aliphatic carbocycles. The van der Waals surface area contributed by atoms with E-state index in [-0.39, 0.29) is 11.6 Å². The number of benzene rings is 1. The highest BCUT2D eigenvalue weighted by Crippen LogP contribution is 2.17. The Bertz CT molecular complexity index is 628. The lowest BCUT2D eigenvalue weighted by molar-refractivity contribution is -0.384. The molecule has 0 unspecified atom stereocenters. The van der Waals surface area contributed by atoms with Crippen LogP contribution >= 0.6 is 11.3 Å². The van der Waals surface area contributed by atoms with Crippen LogP contribution in [0.2, 0.25) is 0 Å². The van der Waals surface area contributed by atoms with Gasteiger partial charge in [-0.15, -0.1) is 11.3 Å². The minimum Gasteiger partial charge on any atom is -0.374 e. The fourth-order valence-electron chi connectivity index (χ4n) is 1.77. The van der Waals surface area contributed by atoms with Crippen LogP contribution in [-0.4, -0.2) is 16.9 Å². The zero-order chi connectivity index (χ0) is 15.2. The first-order valence-electron chi connectivity index (χ1n) is 6.37. The molecule has 1 aromatic carbocycles. The van der Waals surface area contributed by atoms with Crippen molar-refractivity contribution >= 4 is 28.6 Å². The lowest BCUT2D eigenvalue weighted by Crippen LogP contribution is -2.37. The summed E-state index contributed by atoms with van der Waals surface area (Å²) in [6, 6.07) is 9.48. The summed E-state index contributed by atoms with van der Waals surface area (Å²) in [6.07, 6.45) is 0. The molecule has 21 heavy (non-hydrogen) atoms. The van der Waals surface area contributed by atoms with Gasteiger partial charge in [0.05, 0.1) is 11.5 Å². The Morgan fingerprint density at radius 2 is 2.19 bits per heavy atom. The molecule has 0 aliphatic rings. The number of hydrogen-bond acceptors (Lipinski definition) is 5. The second kappa shape index (κ2) is 6.85. The first-order chi connectivity index (χ1) is 10.1. The van der Waals surface area contributed by atoms with E-state index in [9.17, 15) is 14.9 Å². The number of amides is 1. The van der Waals surface area contributed by atoms with E-state index < -0.39 is 11.0 Å². The molecule has 1 amide bonds. The molecule has 110 valence electrons. The van der Waals surface area contributed by atoms with Crippen molar-refractivity contribution in [1.29, 1.82) is 0 Å². The Hall–Kier alpha value is -2.41. The van der Waals surface area contributed by atoms with Crippen LogP contribution < -0.4 is 10.6 Å². The van der Waals surface area contributed by atoms with Gasteiger partial charge in [0.15, 0.2) is 0 Å². The maximum absolute atomic E-state index is 12.0. The van der Waals surface area contributed by atoms with E-state index in [1.807, 2.05) is 17.5 Å². The fourth-order valence-corrected chi connectivity index (χ4v) is 2.41. The standard InChI is InChI=1S/C14H15N3O3S/c1-10(14(18)15-9-13-6-3-7-21-13)16-11-4-2-5-12(8-11)17(19)20/h2-8,10,16H,9H2,1H3,(H,15,18)/t10-/m1/s1. The van der Waals surface area contributed by atoms with Crippen LogP contribution in [0.25, 0.3) is 0 Å². The Morgan fingerprint density at radius 3 is 2.86 bits per heavy atom. The Morgan fingerprint density at radius 1 is 1.38 bits per heavy atom. The number of nitro benzene ring substituents is 1. The first kappa shape index (κ1) is 15.0. The lowest BCUT2D eigenvalue weighted by Gasteiger charge is -2.14. The predicted octanol–water partition coefficient (Wildman–Crippen LogP) is 2.77. The van der Waals surface area contributed by atoms with Crippen molar-refractivity contribution in [3.63, 3.8) is 0 Å². The Labute approximate surface area is 126 Å². The van der Waals surface area contributed by atoms with Gasteiger partial charge in [0.1, 0.15) is 6.04 Å². The molecule has 1 atom stereocenters. The van der Waals surface area contributed by atoms with Crippen molar-refractivity contribution in [2.75, 3.05) is 5.32 Å². The van der Waals surface area contributed by atoms with Gasteiger partial charge in [-0.2, -0.15) is 0 Å². The average molecular weight is 305 g/mol. The molecule has 0 radical (unpaired) electrons. The molecular weight excluding hydrogens is 290 g/mol. The number of nitrogens with one attached hydrogen (secondary N) is 2. The van der Waals surface area contributed by atoms with Crippen LogP contribution in [0.3, 0.4) is 0 Å². The summed E-state index contributed by atoms with van der Waals surface area (Å²) >= 11 is 1.58. The van der Waals surface area contributed by atoms with Crippen molar-refractivity contribution in [2.45, 2.75) is 19.5 Å². The highest BCUT2D eigenvalue weighted by Gasteiger charge is 2.14. The molecule has 0 saturated carbocycles. The molecule has 0 aliphatic heterocycles. The number of carbonyl (C=O) groups is 1. The first-order valence-corrected chi connectivity index (χ1v) is 7.25. The minimum atomic E-state index is -0.480. The molecule has 2 rings (SSSR count). The van der Waals surface area contributed by atoms with Crippen LogP contribution in [0.1, 0.15) is 11.8 Å². The summed E-state index contributed by atoms with van der Waals surface area (Å²) in [4.78, 5) is 23.3. The van der Waals surface area contributed by atoms with E-state index in [1.165, 1.54) is 12.1 Å². The maximum atomic E-state index is 12.0. The second-order valence-electron chi connectivity index (χ2n) is 4.47. The van der Waals surface area contributed by atoms with E-state index in [0.29, 0.717) is 12.2 Å². The van der Waals surface area contributed by atoms with Gasteiger partial charge in [0.2, 0.25) is 5.91 Å². The van der Waals surface area contributed by atoms with E-state index in [4.69, 9.17) is 0 Å². The monoisotopic (exact) mass is 305 g/mol. The van der Waals surface area contributed by atoms with Gasteiger partial charge in [-0.3, -0.25) is 14.9 Å². The Balaban J connectivity index is 1.91. The molecule has 1 heterocycles. The van der Waals surface area contributed by atoms with Crippen molar-refractivity contribution in [2.24, 2.45) is 0 Å². The summed E-state index contributed by atoms with van der Waals surface area (Å²) in [6.45, 7) is 2.19. The normalized spacial score (nSPS) is 11.7. The predicted molar refractivity (Wildman–Crippen MR) is 82.3 cm³/mol. The van der Waals surface area contributed by atoms with Gasteiger partial charge < -0.3 is 10.6 Å². The third kappa shape index (κ3) is 4.28. The van der Waals surface area contributed by atoms with Crippen LogP contribution in [0, 0.1) is 10.1 Å². The zero-order valence-corrected chi connectivity index (χ0v) is 12.2. The number of nitro groups is 1. The molecule has 2 aromatic rings. The largest absolute Gasteiger partial charge is 0.374 e. The SMILES string of the molecule is C[C@@H](Nc1cccc([N+](=O)[O-])c1)C(=O)NCc1cccs1. The fraction of sp³-hybridized carbons (Fsp3) is 0.214. The van der Waals surface area contributed by atoms with Crippen molar-refractivity contribution < 1.29 is 9.72 Å². The van der Waals surface area contributed by atoms with Gasteiger partial charge in [-0.05, 0) is 24.4 Å². The van der Waals surface area contributed by atoms with Gasteiger partial charge in [-0.1, -0.05) is 12.1 Å². The number of nitrogens with zero attached hydrogens (tertiary/aromatic N) is 1. The average Bonchev–Trinajstić information content (AvgIpc) is 2.98. The van der Waals surface area contributed by atoms with Crippen LogP contribution in [0.4, 0.5) is 11.4 Å². The second-order valence-corrected chi connectivity index (χ2v) is 5.50. The molecule has 0 saturated heterocycles. The molecule has 2 N–H and O–H groups in total. The summed E-state index contributed by atoms with van der Waals surface area (Å²) in [5.41, 5.74) is 0.536. The quantitative estimate of drug-likeness (QED) is 0.635. The number of rotatable bonds is 6. The van der Waals surface area contributed by atoms with Gasteiger partial charge in [-0.25, -0.2) is 0 Å². The zero-order valence-electron chi connectivity index (χ0n) is 11.4. The molecular formula is C14H15N3O3S. The van der Waals surface area contributed by atoms with Crippen molar-refractivity contribution in [3.8, 4) is 0 Å². The van der Waals surface area contributed by atoms with Gasteiger partial charge >= 0.3 is 0 Å². The smallest absolute Gasteiger partial charge is 0.271 e. The maximum Gasteiger partial charge on any atom is 0.271 e. The van der Waals surface area contributed by atoms with Gasteiger partial charge in [0.25, 0.3) is 5.69 Å². The molecule has 6 nitrogen and oxygen atoms in total. The summed E-state index contributed by atoms with van der Waals surface area (Å²) < 4.78 is 0. The molecule has 0 bridgehead atoms. The number of anilines is 1. The van der Waals surface area contributed by atoms with Crippen molar-refractivity contribution in [3.05, 3.63) is 56.8 Å². The topological polar surface area (TPSA) is 84.3 Å². The lowest BCUT2D eigenvalue weighted by atomic mass is 10.2. The summed E-state index contributed by atoms with van der Waals surface area (Å²) in [5.74, 6) is -0.157. The number of thiophene rings is 1. The Kier molecular flexibility index (Phi) is 4.89. The number of non-ortho nitro benzene ring substituents is 1. The summed E-state index contributed by atoms with van der Waals surface area (Å²) in [7, 11) is 0. The van der Waals surface area contributed by atoms with Crippen LogP contribution in [0.5, 0.6) is 0 Å². The number of carbonyl (C=O) groups excluding carboxylic acids is 1. The van der Waals surface area contributed by atoms with E-state index in [2.05, 4.69) is 10.6 Å². The third-order valence-corrected chi connectivity index (χ3v) is 3.73. The molecule has 0 fully saturated rings. The van der Waals surface area contributed by atoms with Gasteiger partial charge in [0, 0.05) is 22.7 Å². The van der Waals surface area contributed by atoms with Crippen molar-refractivity contribution in [1.82, 2.24) is 5.32 Å². The van der Waals surface area contributed by atoms with E-state index in [0.717, 1.165) is 4.88 Å². The molecule has 0 spiro atoms. The minimum absolute atomic E-state index is 0.00815. The van der Waals surface area contributed by atoms with E-state index in [1.54, 1.807) is 30.4 Å². The molecule has 7 heteroatoms. The highest BCUT2D eigenvalue weighted by atomic mass is 32.1. The van der Waals surface area contributed by atoms with Crippen LogP contribution in [-0.2, 0) is 11.3 Å². The highest BCUT2D eigenvalue weighted by molar-refractivity contribution is 7.09.